The maximum absolute atomic E-state index is 12.1. The number of nitrogens with one attached hydrogen (secondary N) is 1. The quantitative estimate of drug-likeness (QED) is 0.649. The molecule has 0 aliphatic heterocycles. The van der Waals surface area contributed by atoms with E-state index < -0.39 is 6.10 Å². The second-order valence-electron chi connectivity index (χ2n) is 6.23. The fourth-order valence-electron chi connectivity index (χ4n) is 2.16. The van der Waals surface area contributed by atoms with E-state index in [9.17, 15) is 4.79 Å². The van der Waals surface area contributed by atoms with E-state index in [1.54, 1.807) is 13.1 Å². The van der Waals surface area contributed by atoms with Gasteiger partial charge < -0.3 is 9.64 Å². The van der Waals surface area contributed by atoms with Gasteiger partial charge in [0, 0.05) is 19.8 Å². The van der Waals surface area contributed by atoms with Crippen molar-refractivity contribution in [2.75, 3.05) is 19.0 Å². The first-order valence-corrected chi connectivity index (χ1v) is 8.21. The second kappa shape index (κ2) is 8.33. The number of aryl methyl sites for hydroxylation is 2. The van der Waals surface area contributed by atoms with Crippen molar-refractivity contribution in [3.8, 4) is 5.75 Å². The summed E-state index contributed by atoms with van der Waals surface area (Å²) in [6, 6.07) is 13.6. The molecule has 0 saturated heterocycles. The maximum Gasteiger partial charge on any atom is 0.280 e. The monoisotopic (exact) mass is 339 g/mol. The number of hydrogen-bond donors (Lipinski definition) is 1. The highest BCUT2D eigenvalue weighted by Gasteiger charge is 2.14. The van der Waals surface area contributed by atoms with E-state index in [1.165, 1.54) is 5.56 Å². The van der Waals surface area contributed by atoms with E-state index >= 15 is 0 Å². The summed E-state index contributed by atoms with van der Waals surface area (Å²) in [7, 11) is 3.97. The Morgan fingerprint density at radius 1 is 1.12 bits per heavy atom. The molecule has 1 unspecified atom stereocenters. The SMILES string of the molecule is Cc1ccc(OC(C)C(=O)N/N=C/c2ccc(N(C)C)cc2)cc1C. The number of hydrogen-bond acceptors (Lipinski definition) is 4. The summed E-state index contributed by atoms with van der Waals surface area (Å²) in [5.41, 5.74) is 6.85. The molecule has 0 saturated carbocycles. The van der Waals surface area contributed by atoms with Gasteiger partial charge >= 0.3 is 0 Å². The number of ether oxygens (including phenoxy) is 1. The van der Waals surface area contributed by atoms with Gasteiger partial charge in [-0.15, -0.1) is 0 Å². The minimum atomic E-state index is -0.629. The number of carbonyl (C=O) groups is 1. The fourth-order valence-corrected chi connectivity index (χ4v) is 2.16. The molecule has 5 nitrogen and oxygen atoms in total. The molecule has 25 heavy (non-hydrogen) atoms. The van der Waals surface area contributed by atoms with Crippen LogP contribution in [0, 0.1) is 13.8 Å². The van der Waals surface area contributed by atoms with E-state index in [-0.39, 0.29) is 5.91 Å². The van der Waals surface area contributed by atoms with Gasteiger partial charge in [0.25, 0.3) is 5.91 Å². The topological polar surface area (TPSA) is 53.9 Å². The van der Waals surface area contributed by atoms with Crippen molar-refractivity contribution < 1.29 is 9.53 Å². The molecule has 132 valence electrons. The molecule has 0 aliphatic carbocycles. The van der Waals surface area contributed by atoms with Gasteiger partial charge in [-0.3, -0.25) is 4.79 Å². The smallest absolute Gasteiger partial charge is 0.280 e. The molecule has 2 aromatic carbocycles. The first-order valence-electron chi connectivity index (χ1n) is 8.21. The van der Waals surface area contributed by atoms with E-state index in [2.05, 4.69) is 10.5 Å². The Hall–Kier alpha value is -2.82. The van der Waals surface area contributed by atoms with Crippen LogP contribution in [-0.4, -0.2) is 32.3 Å². The Labute approximate surface area is 149 Å². The van der Waals surface area contributed by atoms with Gasteiger partial charge in [-0.1, -0.05) is 18.2 Å². The summed E-state index contributed by atoms with van der Waals surface area (Å²) < 4.78 is 5.67. The summed E-state index contributed by atoms with van der Waals surface area (Å²) >= 11 is 0. The number of carbonyl (C=O) groups excluding carboxylic acids is 1. The van der Waals surface area contributed by atoms with Gasteiger partial charge in [0.2, 0.25) is 0 Å². The zero-order chi connectivity index (χ0) is 18.4. The maximum atomic E-state index is 12.1. The molecule has 2 aromatic rings. The average Bonchev–Trinajstić information content (AvgIpc) is 2.58. The lowest BCUT2D eigenvalue weighted by Gasteiger charge is -2.14. The van der Waals surface area contributed by atoms with Crippen LogP contribution in [0.15, 0.2) is 47.6 Å². The highest BCUT2D eigenvalue weighted by molar-refractivity contribution is 5.84. The van der Waals surface area contributed by atoms with Crippen molar-refractivity contribution in [3.05, 3.63) is 59.2 Å². The van der Waals surface area contributed by atoms with Crippen molar-refractivity contribution in [1.29, 1.82) is 0 Å². The Kier molecular flexibility index (Phi) is 6.17. The molecule has 0 aromatic heterocycles. The molecule has 1 amide bonds. The molecule has 0 heterocycles. The van der Waals surface area contributed by atoms with Crippen LogP contribution < -0.4 is 15.1 Å². The molecule has 1 atom stereocenters. The Balaban J connectivity index is 1.89. The Bertz CT molecular complexity index is 752. The van der Waals surface area contributed by atoms with Crippen LogP contribution in [0.2, 0.25) is 0 Å². The minimum absolute atomic E-state index is 0.292. The number of hydrazone groups is 1. The van der Waals surface area contributed by atoms with Crippen molar-refractivity contribution in [2.45, 2.75) is 26.9 Å². The van der Waals surface area contributed by atoms with Gasteiger partial charge in [0.15, 0.2) is 6.10 Å². The highest BCUT2D eigenvalue weighted by atomic mass is 16.5. The standard InChI is InChI=1S/C20H25N3O2/c1-14-6-11-19(12-15(14)2)25-16(3)20(24)22-21-13-17-7-9-18(10-8-17)23(4)5/h6-13,16H,1-5H3,(H,22,24)/b21-13+. The van der Waals surface area contributed by atoms with Crippen molar-refractivity contribution in [3.63, 3.8) is 0 Å². The molecule has 1 N–H and O–H groups in total. The molecule has 0 radical (unpaired) electrons. The number of nitrogens with zero attached hydrogens (tertiary/aromatic N) is 2. The van der Waals surface area contributed by atoms with Crippen molar-refractivity contribution >= 4 is 17.8 Å². The number of rotatable bonds is 6. The molecule has 2 rings (SSSR count). The minimum Gasteiger partial charge on any atom is -0.481 e. The third-order valence-electron chi connectivity index (χ3n) is 3.96. The summed E-state index contributed by atoms with van der Waals surface area (Å²) in [5.74, 6) is 0.383. The number of anilines is 1. The summed E-state index contributed by atoms with van der Waals surface area (Å²) in [4.78, 5) is 14.1. The van der Waals surface area contributed by atoms with Crippen LogP contribution in [0.4, 0.5) is 5.69 Å². The third-order valence-corrected chi connectivity index (χ3v) is 3.96. The largest absolute Gasteiger partial charge is 0.481 e. The Morgan fingerprint density at radius 3 is 2.40 bits per heavy atom. The van der Waals surface area contributed by atoms with E-state index in [4.69, 9.17) is 4.74 Å². The van der Waals surface area contributed by atoms with Crippen LogP contribution >= 0.6 is 0 Å². The van der Waals surface area contributed by atoms with Crippen LogP contribution in [0.3, 0.4) is 0 Å². The van der Waals surface area contributed by atoms with Crippen molar-refractivity contribution in [2.24, 2.45) is 5.10 Å². The molecular formula is C20H25N3O2. The number of benzene rings is 2. The van der Waals surface area contributed by atoms with Crippen LogP contribution in [0.5, 0.6) is 5.75 Å². The lowest BCUT2D eigenvalue weighted by Crippen LogP contribution is -2.33. The average molecular weight is 339 g/mol. The van der Waals surface area contributed by atoms with Gasteiger partial charge in [0.05, 0.1) is 6.21 Å². The predicted molar refractivity (Wildman–Crippen MR) is 103 cm³/mol. The lowest BCUT2D eigenvalue weighted by molar-refractivity contribution is -0.127. The molecule has 0 bridgehead atoms. The molecule has 0 aliphatic rings. The van der Waals surface area contributed by atoms with Gasteiger partial charge in [-0.05, 0) is 61.7 Å². The van der Waals surface area contributed by atoms with E-state index in [0.717, 1.165) is 16.8 Å². The number of amides is 1. The van der Waals surface area contributed by atoms with Crippen LogP contribution in [-0.2, 0) is 4.79 Å². The third kappa shape index (κ3) is 5.35. The molecule has 0 fully saturated rings. The van der Waals surface area contributed by atoms with Crippen LogP contribution in [0.1, 0.15) is 23.6 Å². The molecule has 0 spiro atoms. The van der Waals surface area contributed by atoms with Crippen LogP contribution in [0.25, 0.3) is 0 Å². The van der Waals surface area contributed by atoms with Gasteiger partial charge in [0.1, 0.15) is 5.75 Å². The first kappa shape index (κ1) is 18.5. The van der Waals surface area contributed by atoms with E-state index in [0.29, 0.717) is 5.75 Å². The molecular weight excluding hydrogens is 314 g/mol. The van der Waals surface area contributed by atoms with Gasteiger partial charge in [-0.25, -0.2) is 5.43 Å². The molecule has 5 heteroatoms. The summed E-state index contributed by atoms with van der Waals surface area (Å²) in [6.45, 7) is 5.75. The fraction of sp³-hybridized carbons (Fsp3) is 0.300. The second-order valence-corrected chi connectivity index (χ2v) is 6.23. The first-order chi connectivity index (χ1) is 11.9. The van der Waals surface area contributed by atoms with E-state index in [1.807, 2.05) is 75.3 Å². The lowest BCUT2D eigenvalue weighted by atomic mass is 10.1. The van der Waals surface area contributed by atoms with Crippen molar-refractivity contribution in [1.82, 2.24) is 5.43 Å². The zero-order valence-corrected chi connectivity index (χ0v) is 15.4. The summed E-state index contributed by atoms with van der Waals surface area (Å²) in [6.07, 6.45) is 0.982. The summed E-state index contributed by atoms with van der Waals surface area (Å²) in [5, 5.41) is 3.99. The Morgan fingerprint density at radius 2 is 1.80 bits per heavy atom. The highest BCUT2D eigenvalue weighted by Crippen LogP contribution is 2.17. The van der Waals surface area contributed by atoms with Gasteiger partial charge in [-0.2, -0.15) is 5.10 Å². The zero-order valence-electron chi connectivity index (χ0n) is 15.4. The normalized spacial score (nSPS) is 12.0. The predicted octanol–water partition coefficient (Wildman–Crippen LogP) is 3.29.